The third-order valence-corrected chi connectivity index (χ3v) is 3.53. The van der Waals surface area contributed by atoms with Gasteiger partial charge in [0.2, 0.25) is 0 Å². The van der Waals surface area contributed by atoms with Gasteiger partial charge in [-0.15, -0.1) is 0 Å². The predicted octanol–water partition coefficient (Wildman–Crippen LogP) is 2.36. The molecule has 108 valence electrons. The third-order valence-electron chi connectivity index (χ3n) is 3.53. The molecule has 0 amide bonds. The molecule has 0 aromatic heterocycles. The van der Waals surface area contributed by atoms with Crippen molar-refractivity contribution in [3.63, 3.8) is 0 Å². The first kappa shape index (κ1) is 14.7. The highest BCUT2D eigenvalue weighted by molar-refractivity contribution is 6.03. The number of benzene rings is 1. The van der Waals surface area contributed by atoms with Crippen molar-refractivity contribution in [1.29, 1.82) is 0 Å². The monoisotopic (exact) mass is 274 g/mol. The molecule has 1 heterocycles. The minimum absolute atomic E-state index is 0.0584. The maximum atomic E-state index is 12.0. The van der Waals surface area contributed by atoms with Crippen molar-refractivity contribution in [2.75, 3.05) is 19.7 Å². The van der Waals surface area contributed by atoms with Gasteiger partial charge < -0.3 is 10.1 Å². The number of ether oxygens (including phenoxy) is 1. The van der Waals surface area contributed by atoms with Crippen LogP contribution in [0.15, 0.2) is 35.3 Å². The van der Waals surface area contributed by atoms with Gasteiger partial charge in [0, 0.05) is 12.3 Å². The summed E-state index contributed by atoms with van der Waals surface area (Å²) in [7, 11) is 0. The lowest BCUT2D eigenvalue weighted by Gasteiger charge is -2.24. The van der Waals surface area contributed by atoms with Crippen LogP contribution in [0, 0.1) is 5.92 Å². The van der Waals surface area contributed by atoms with E-state index in [1.807, 2.05) is 25.1 Å². The van der Waals surface area contributed by atoms with E-state index in [9.17, 15) is 4.79 Å². The molecular formula is C16H22N2O2. The Morgan fingerprint density at radius 2 is 2.20 bits per heavy atom. The molecule has 0 radical (unpaired) electrons. The minimum atomic E-state index is -0.192. The maximum absolute atomic E-state index is 12.0. The molecule has 1 N–H and O–H groups in total. The normalized spacial score (nSPS) is 22.5. The highest BCUT2D eigenvalue weighted by atomic mass is 16.5. The van der Waals surface area contributed by atoms with E-state index in [1.165, 1.54) is 0 Å². The number of hydrogen-bond donors (Lipinski definition) is 1. The van der Waals surface area contributed by atoms with Crippen LogP contribution in [0.4, 0.5) is 0 Å². The number of nitrogens with zero attached hydrogens (tertiary/aromatic N) is 1. The second-order valence-corrected chi connectivity index (χ2v) is 4.98. The van der Waals surface area contributed by atoms with Gasteiger partial charge in [-0.2, -0.15) is 0 Å². The zero-order chi connectivity index (χ0) is 14.4. The largest absolute Gasteiger partial charge is 0.465 e. The van der Waals surface area contributed by atoms with Crippen LogP contribution < -0.4 is 5.32 Å². The van der Waals surface area contributed by atoms with Crippen molar-refractivity contribution in [1.82, 2.24) is 5.32 Å². The van der Waals surface area contributed by atoms with Crippen LogP contribution >= 0.6 is 0 Å². The summed E-state index contributed by atoms with van der Waals surface area (Å²) in [5.41, 5.74) is 2.07. The van der Waals surface area contributed by atoms with Gasteiger partial charge >= 0.3 is 5.97 Å². The molecule has 1 saturated heterocycles. The maximum Gasteiger partial charge on any atom is 0.314 e. The van der Waals surface area contributed by atoms with Gasteiger partial charge in [0.1, 0.15) is 0 Å². The summed E-state index contributed by atoms with van der Waals surface area (Å²) in [5, 5.41) is 3.28. The fourth-order valence-electron chi connectivity index (χ4n) is 2.44. The minimum Gasteiger partial charge on any atom is -0.465 e. The predicted molar refractivity (Wildman–Crippen MR) is 79.9 cm³/mol. The molecule has 0 spiro atoms. The fraction of sp³-hybridized carbons (Fsp3) is 0.500. The quantitative estimate of drug-likeness (QED) is 0.858. The van der Waals surface area contributed by atoms with E-state index in [0.717, 1.165) is 24.2 Å². The second-order valence-electron chi connectivity index (χ2n) is 4.98. The number of hydrogen-bond acceptors (Lipinski definition) is 4. The standard InChI is InChI=1S/C16H22N2O2/c1-3-20-16(19)14-9-10-17-11-15(14)18-12(2)13-7-5-4-6-8-13/h4-8,12,14,17H,3,9-11H2,1-2H3. The van der Waals surface area contributed by atoms with Crippen LogP contribution in [0.1, 0.15) is 31.9 Å². The summed E-state index contributed by atoms with van der Waals surface area (Å²) < 4.78 is 5.15. The third kappa shape index (κ3) is 3.67. The molecule has 0 bridgehead atoms. The van der Waals surface area contributed by atoms with Crippen LogP contribution in [0.2, 0.25) is 0 Å². The van der Waals surface area contributed by atoms with E-state index in [2.05, 4.69) is 24.4 Å². The van der Waals surface area contributed by atoms with Crippen molar-refractivity contribution >= 4 is 11.7 Å². The Bertz CT molecular complexity index is 471. The lowest BCUT2D eigenvalue weighted by molar-refractivity contribution is -0.145. The lowest BCUT2D eigenvalue weighted by atomic mass is 9.95. The average molecular weight is 274 g/mol. The molecule has 2 atom stereocenters. The Kier molecular flexibility index (Phi) is 5.30. The number of nitrogens with one attached hydrogen (secondary N) is 1. The summed E-state index contributed by atoms with van der Waals surface area (Å²) >= 11 is 0. The molecule has 2 unspecified atom stereocenters. The van der Waals surface area contributed by atoms with E-state index < -0.39 is 0 Å². The van der Waals surface area contributed by atoms with Gasteiger partial charge in [0.25, 0.3) is 0 Å². The van der Waals surface area contributed by atoms with Gasteiger partial charge in [-0.3, -0.25) is 9.79 Å². The van der Waals surface area contributed by atoms with E-state index in [4.69, 9.17) is 9.73 Å². The average Bonchev–Trinajstić information content (AvgIpc) is 2.49. The molecule has 4 nitrogen and oxygen atoms in total. The summed E-state index contributed by atoms with van der Waals surface area (Å²) in [6, 6.07) is 10.2. The number of rotatable bonds is 4. The number of piperidine rings is 1. The van der Waals surface area contributed by atoms with Crippen LogP contribution in [0.3, 0.4) is 0 Å². The Morgan fingerprint density at radius 3 is 2.90 bits per heavy atom. The molecule has 2 rings (SSSR count). The number of carbonyl (C=O) groups excluding carboxylic acids is 1. The molecule has 0 saturated carbocycles. The van der Waals surface area contributed by atoms with Gasteiger partial charge in [0.05, 0.1) is 18.6 Å². The highest BCUT2D eigenvalue weighted by Crippen LogP contribution is 2.20. The Morgan fingerprint density at radius 1 is 1.45 bits per heavy atom. The molecular weight excluding hydrogens is 252 g/mol. The molecule has 1 fully saturated rings. The van der Waals surface area contributed by atoms with Crippen molar-refractivity contribution in [2.45, 2.75) is 26.3 Å². The molecule has 1 aliphatic rings. The Labute approximate surface area is 120 Å². The summed E-state index contributed by atoms with van der Waals surface area (Å²) in [5.74, 6) is -0.338. The van der Waals surface area contributed by atoms with Crippen LogP contribution in [-0.4, -0.2) is 31.4 Å². The van der Waals surface area contributed by atoms with Crippen LogP contribution in [0.25, 0.3) is 0 Å². The van der Waals surface area contributed by atoms with Crippen molar-refractivity contribution < 1.29 is 9.53 Å². The van der Waals surface area contributed by atoms with Crippen LogP contribution in [-0.2, 0) is 9.53 Å². The zero-order valence-corrected chi connectivity index (χ0v) is 12.1. The summed E-state index contributed by atoms with van der Waals surface area (Å²) in [6.07, 6.45) is 0.763. The van der Waals surface area contributed by atoms with Crippen molar-refractivity contribution in [3.05, 3.63) is 35.9 Å². The number of esters is 1. The highest BCUT2D eigenvalue weighted by Gasteiger charge is 2.28. The zero-order valence-electron chi connectivity index (χ0n) is 12.1. The van der Waals surface area contributed by atoms with Gasteiger partial charge in [-0.05, 0) is 32.4 Å². The molecule has 20 heavy (non-hydrogen) atoms. The summed E-state index contributed by atoms with van der Waals surface area (Å²) in [4.78, 5) is 16.7. The number of aliphatic imine (C=N–C) groups is 1. The second kappa shape index (κ2) is 7.20. The smallest absolute Gasteiger partial charge is 0.314 e. The van der Waals surface area contributed by atoms with E-state index in [-0.39, 0.29) is 17.9 Å². The topological polar surface area (TPSA) is 50.7 Å². The van der Waals surface area contributed by atoms with E-state index >= 15 is 0 Å². The molecule has 1 aromatic carbocycles. The first-order valence-electron chi connectivity index (χ1n) is 7.21. The van der Waals surface area contributed by atoms with Gasteiger partial charge in [-0.1, -0.05) is 30.3 Å². The van der Waals surface area contributed by atoms with E-state index in [1.54, 1.807) is 0 Å². The van der Waals surface area contributed by atoms with Gasteiger partial charge in [-0.25, -0.2) is 0 Å². The number of carbonyl (C=O) groups is 1. The van der Waals surface area contributed by atoms with Crippen molar-refractivity contribution in [2.24, 2.45) is 10.9 Å². The van der Waals surface area contributed by atoms with E-state index in [0.29, 0.717) is 13.2 Å². The Hall–Kier alpha value is -1.68. The molecule has 4 heteroatoms. The van der Waals surface area contributed by atoms with Crippen molar-refractivity contribution in [3.8, 4) is 0 Å². The Balaban J connectivity index is 2.14. The first-order chi connectivity index (χ1) is 9.72. The van der Waals surface area contributed by atoms with Crippen LogP contribution in [0.5, 0.6) is 0 Å². The lowest BCUT2D eigenvalue weighted by Crippen LogP contribution is -2.41. The SMILES string of the molecule is CCOC(=O)C1CCNCC1=NC(C)c1ccccc1. The fourth-order valence-corrected chi connectivity index (χ4v) is 2.44. The molecule has 1 aliphatic heterocycles. The summed E-state index contributed by atoms with van der Waals surface area (Å²) in [6.45, 7) is 5.81. The van der Waals surface area contributed by atoms with Gasteiger partial charge in [0.15, 0.2) is 0 Å². The molecule has 1 aromatic rings. The molecule has 0 aliphatic carbocycles. The first-order valence-corrected chi connectivity index (χ1v) is 7.21.